The Labute approximate surface area is 176 Å². The van der Waals surface area contributed by atoms with Crippen LogP contribution in [0.4, 0.5) is 14.5 Å². The summed E-state index contributed by atoms with van der Waals surface area (Å²) in [6.45, 7) is -0.582. The number of halogens is 2. The molecular formula is C18H22B3F2N5O2. The highest BCUT2D eigenvalue weighted by Gasteiger charge is 2.26. The van der Waals surface area contributed by atoms with E-state index in [1.165, 1.54) is 30.6 Å². The number of aliphatic imine (C=N–C) groups is 1. The Morgan fingerprint density at radius 1 is 1.27 bits per heavy atom. The van der Waals surface area contributed by atoms with E-state index in [1.54, 1.807) is 0 Å². The maximum Gasteiger partial charge on any atom is 0.275 e. The largest absolute Gasteiger partial charge is 0.498 e. The van der Waals surface area contributed by atoms with Crippen LogP contribution in [0.25, 0.3) is 0 Å². The number of nitrogens with two attached hydrogens (primary N) is 1. The fourth-order valence-corrected chi connectivity index (χ4v) is 3.11. The summed E-state index contributed by atoms with van der Waals surface area (Å²) in [5.41, 5.74) is 6.58. The Hall–Kier alpha value is -2.91. The van der Waals surface area contributed by atoms with E-state index in [1.807, 2.05) is 23.5 Å². The van der Waals surface area contributed by atoms with Crippen molar-refractivity contribution >= 4 is 41.0 Å². The average molecular weight is 411 g/mol. The molecule has 2 atom stereocenters. The van der Waals surface area contributed by atoms with E-state index in [2.05, 4.69) is 20.3 Å². The Bertz CT molecular complexity index is 954. The van der Waals surface area contributed by atoms with Gasteiger partial charge in [-0.25, -0.2) is 14.4 Å². The van der Waals surface area contributed by atoms with Crippen LogP contribution in [0.15, 0.2) is 35.6 Å². The number of hydrogen-bond acceptors (Lipinski definition) is 6. The zero-order valence-corrected chi connectivity index (χ0v) is 17.2. The molecule has 0 spiro atoms. The normalized spacial score (nSPS) is 19.1. The van der Waals surface area contributed by atoms with Crippen molar-refractivity contribution in [2.75, 3.05) is 12.0 Å². The highest BCUT2D eigenvalue weighted by atomic mass is 19.1. The zero-order chi connectivity index (χ0) is 21.9. The third-order valence-corrected chi connectivity index (χ3v) is 4.58. The number of nitrogens with zero attached hydrogens (tertiary/aromatic N) is 3. The monoisotopic (exact) mass is 411 g/mol. The average Bonchev–Trinajstić information content (AvgIpc) is 2.68. The minimum absolute atomic E-state index is 0.0906. The van der Waals surface area contributed by atoms with Gasteiger partial charge in [0.15, 0.2) is 0 Å². The number of rotatable bonds is 6. The summed E-state index contributed by atoms with van der Waals surface area (Å²) in [5, 5.41) is 2.24. The fraction of sp³-hybridized carbons (Fsp3) is 0.333. The van der Waals surface area contributed by atoms with Crippen LogP contribution < -0.4 is 15.8 Å². The first-order chi connectivity index (χ1) is 14.2. The summed E-state index contributed by atoms with van der Waals surface area (Å²) < 4.78 is 32.9. The molecule has 0 radical (unpaired) electrons. The highest BCUT2D eigenvalue weighted by Crippen LogP contribution is 2.33. The van der Waals surface area contributed by atoms with E-state index < -0.39 is 35.7 Å². The summed E-state index contributed by atoms with van der Waals surface area (Å²) in [6, 6.07) is 3.69. The van der Waals surface area contributed by atoms with Gasteiger partial charge in [0.25, 0.3) is 5.91 Å². The first-order valence-corrected chi connectivity index (χ1v) is 9.67. The number of carbonyl (C=O) groups is 1. The number of carbonyl (C=O) groups excluding carboxylic acids is 1. The van der Waals surface area contributed by atoms with Gasteiger partial charge < -0.3 is 15.8 Å². The van der Waals surface area contributed by atoms with Crippen LogP contribution in [0.1, 0.15) is 34.9 Å². The van der Waals surface area contributed by atoms with Crippen molar-refractivity contribution < 1.29 is 18.3 Å². The lowest BCUT2D eigenvalue weighted by Crippen LogP contribution is -2.37. The zero-order valence-electron chi connectivity index (χ0n) is 17.2. The number of amidine groups is 1. The van der Waals surface area contributed by atoms with Crippen LogP contribution in [0.3, 0.4) is 0 Å². The molecule has 3 rings (SSSR count). The molecule has 2 aromatic rings. The Balaban J connectivity index is 1.74. The molecule has 12 heteroatoms. The van der Waals surface area contributed by atoms with Gasteiger partial charge in [-0.2, -0.15) is 0 Å². The second kappa shape index (κ2) is 8.85. The molecule has 0 saturated heterocycles. The number of alkyl halides is 1. The maximum atomic E-state index is 14.4. The number of amides is 1. The third-order valence-electron chi connectivity index (χ3n) is 4.58. The fourth-order valence-electron chi connectivity index (χ4n) is 3.11. The molecule has 1 aliphatic heterocycles. The lowest BCUT2D eigenvalue weighted by molar-refractivity contribution is 0.102. The number of aromatic nitrogens is 2. The Kier molecular flexibility index (Phi) is 6.43. The van der Waals surface area contributed by atoms with E-state index in [9.17, 15) is 13.6 Å². The van der Waals surface area contributed by atoms with Crippen molar-refractivity contribution in [1.82, 2.24) is 9.97 Å². The molecular weight excluding hydrogens is 389 g/mol. The maximum absolute atomic E-state index is 14.4. The summed E-state index contributed by atoms with van der Waals surface area (Å²) in [7, 11) is 5.63. The van der Waals surface area contributed by atoms with E-state index in [4.69, 9.17) is 10.5 Å². The number of nitrogens with one attached hydrogen (secondary N) is 1. The summed E-state index contributed by atoms with van der Waals surface area (Å²) >= 11 is 0. The van der Waals surface area contributed by atoms with E-state index in [0.717, 1.165) is 0 Å². The first-order valence-electron chi connectivity index (χ1n) is 9.67. The number of hydrogen-bond donors (Lipinski definition) is 2. The topological polar surface area (TPSA) is 102 Å². The van der Waals surface area contributed by atoms with Gasteiger partial charge in [-0.05, 0) is 31.0 Å². The smallest absolute Gasteiger partial charge is 0.275 e. The first kappa shape index (κ1) is 21.8. The van der Waals surface area contributed by atoms with E-state index in [-0.39, 0.29) is 11.5 Å². The predicted octanol–water partition coefficient (Wildman–Crippen LogP) is -0.465. The van der Waals surface area contributed by atoms with Crippen LogP contribution in [-0.4, -0.2) is 57.2 Å². The number of benzene rings is 1. The van der Waals surface area contributed by atoms with Crippen molar-refractivity contribution in [2.45, 2.75) is 24.2 Å². The molecule has 0 saturated carbocycles. The minimum atomic E-state index is -0.582. The molecule has 7 nitrogen and oxygen atoms in total. The molecule has 154 valence electrons. The molecule has 2 heterocycles. The van der Waals surface area contributed by atoms with Crippen LogP contribution in [-0.2, 0) is 0 Å². The number of anilines is 1. The van der Waals surface area contributed by atoms with E-state index in [0.29, 0.717) is 30.0 Å². The molecule has 1 aliphatic rings. The molecule has 0 bridgehead atoms. The van der Waals surface area contributed by atoms with Gasteiger partial charge in [-0.3, -0.25) is 14.2 Å². The summed E-state index contributed by atoms with van der Waals surface area (Å²) in [4.78, 5) is 24.9. The highest BCUT2D eigenvalue weighted by molar-refractivity contribution is 6.58. The lowest BCUT2D eigenvalue weighted by atomic mass is 9.52. The van der Waals surface area contributed by atoms with Crippen molar-refractivity contribution in [3.05, 3.63) is 47.7 Å². The van der Waals surface area contributed by atoms with Gasteiger partial charge in [-0.1, -0.05) is 0 Å². The van der Waals surface area contributed by atoms with Gasteiger partial charge in [0.2, 0.25) is 5.88 Å². The van der Waals surface area contributed by atoms with Crippen LogP contribution in [0.5, 0.6) is 5.88 Å². The van der Waals surface area contributed by atoms with Gasteiger partial charge in [0.1, 0.15) is 40.9 Å². The van der Waals surface area contributed by atoms with Gasteiger partial charge in [0.05, 0.1) is 25.1 Å². The standard InChI is InChI=1S/C18H22B3F2N5O2/c19-18(20,21)30-15-8-25-14(7-26-15)17(29)27-10-2-3-12(23)11(5-10)13-4-1-9(6-22)16(24)28-13/h2-3,5,7-9,13H,1,4,6,19-21H2,(H2,24,28)(H,27,29). The molecule has 30 heavy (non-hydrogen) atoms. The van der Waals surface area contributed by atoms with Crippen LogP contribution >= 0.6 is 0 Å². The van der Waals surface area contributed by atoms with Crippen LogP contribution in [0, 0.1) is 11.7 Å². The van der Waals surface area contributed by atoms with Crippen molar-refractivity contribution in [1.29, 1.82) is 0 Å². The molecule has 2 unspecified atom stereocenters. The third kappa shape index (κ3) is 5.37. The van der Waals surface area contributed by atoms with Gasteiger partial charge in [0, 0.05) is 22.5 Å². The minimum Gasteiger partial charge on any atom is -0.498 e. The van der Waals surface area contributed by atoms with E-state index >= 15 is 0 Å². The molecule has 1 aromatic carbocycles. The second-order valence-electron chi connectivity index (χ2n) is 8.14. The summed E-state index contributed by atoms with van der Waals surface area (Å²) in [5.74, 6) is -0.878. The number of ether oxygens (including phenoxy) is 1. The molecule has 1 aromatic heterocycles. The molecule has 0 aliphatic carbocycles. The Morgan fingerprint density at radius 3 is 2.63 bits per heavy atom. The quantitative estimate of drug-likeness (QED) is 0.627. The van der Waals surface area contributed by atoms with Crippen molar-refractivity contribution in [3.8, 4) is 5.88 Å². The van der Waals surface area contributed by atoms with Gasteiger partial charge in [-0.15, -0.1) is 0 Å². The molecule has 0 fully saturated rings. The lowest BCUT2D eigenvalue weighted by Gasteiger charge is -2.24. The second-order valence-corrected chi connectivity index (χ2v) is 8.14. The van der Waals surface area contributed by atoms with Crippen molar-refractivity contribution in [2.24, 2.45) is 16.6 Å². The Morgan fingerprint density at radius 2 is 2.03 bits per heavy atom. The SMILES string of the molecule is BC(B)(B)Oc1cnc(C(=O)Nc2ccc(F)c(C3CCC(CF)C(N)=N3)c2)cn1. The summed E-state index contributed by atoms with van der Waals surface area (Å²) in [6.07, 6.45) is 3.65. The molecule has 3 N–H and O–H groups in total. The van der Waals surface area contributed by atoms with Crippen LogP contribution in [0.2, 0.25) is 0 Å². The molecule has 1 amide bonds. The predicted molar refractivity (Wildman–Crippen MR) is 118 cm³/mol. The van der Waals surface area contributed by atoms with Crippen molar-refractivity contribution in [3.63, 3.8) is 0 Å². The van der Waals surface area contributed by atoms with Gasteiger partial charge >= 0.3 is 0 Å².